The second-order valence-corrected chi connectivity index (χ2v) is 11.4. The normalized spacial score (nSPS) is 22.5. The molecule has 0 heterocycles. The van der Waals surface area contributed by atoms with E-state index in [1.807, 2.05) is 121 Å². The number of hydrogen-bond acceptors (Lipinski definition) is 6. The van der Waals surface area contributed by atoms with Gasteiger partial charge in [-0.25, -0.2) is 8.78 Å². The summed E-state index contributed by atoms with van der Waals surface area (Å²) in [5.41, 5.74) is 3.53. The third-order valence-electron chi connectivity index (χ3n) is 8.19. The van der Waals surface area contributed by atoms with Gasteiger partial charge in [-0.05, 0) is 22.3 Å². The fourth-order valence-electron chi connectivity index (χ4n) is 5.82. The molecule has 244 valence electrons. The van der Waals surface area contributed by atoms with Gasteiger partial charge in [0, 0.05) is 7.11 Å². The molecule has 0 N–H and O–H groups in total. The Labute approximate surface area is 270 Å². The van der Waals surface area contributed by atoms with Gasteiger partial charge in [0.1, 0.15) is 12.9 Å². The molecule has 4 aromatic carbocycles. The summed E-state index contributed by atoms with van der Waals surface area (Å²) >= 11 is 0. The molecule has 0 radical (unpaired) electrons. The Kier molecular flexibility index (Phi) is 12.8. The zero-order chi connectivity index (χ0) is 32.0. The molecule has 0 aromatic heterocycles. The molecule has 0 amide bonds. The van der Waals surface area contributed by atoms with Gasteiger partial charge in [0.25, 0.3) is 5.92 Å². The SMILES string of the molecule is COCOC[C@H]1[C@H](OCc2ccccc2)[C@H](OCc2ccccc2)[C@H](OCc2ccccc2)[C@@H](COCc2ccccc2)C1(F)F. The van der Waals surface area contributed by atoms with Crippen molar-refractivity contribution in [2.24, 2.45) is 11.8 Å². The average molecular weight is 633 g/mol. The minimum absolute atomic E-state index is 0.119. The van der Waals surface area contributed by atoms with Gasteiger partial charge < -0.3 is 28.4 Å². The maximum atomic E-state index is 17.0. The summed E-state index contributed by atoms with van der Waals surface area (Å²) in [7, 11) is 1.46. The van der Waals surface area contributed by atoms with Gasteiger partial charge in [0.05, 0.1) is 63.7 Å². The molecule has 8 heteroatoms. The van der Waals surface area contributed by atoms with Crippen LogP contribution in [0.4, 0.5) is 8.78 Å². The lowest BCUT2D eigenvalue weighted by atomic mass is 9.72. The van der Waals surface area contributed by atoms with E-state index >= 15 is 8.78 Å². The largest absolute Gasteiger partial charge is 0.376 e. The lowest BCUT2D eigenvalue weighted by Gasteiger charge is -2.50. The fraction of sp³-hybridized carbons (Fsp3) is 0.368. The second-order valence-electron chi connectivity index (χ2n) is 11.4. The summed E-state index contributed by atoms with van der Waals surface area (Å²) in [6.07, 6.45) is -3.00. The molecule has 0 aliphatic heterocycles. The molecule has 4 aromatic rings. The summed E-state index contributed by atoms with van der Waals surface area (Å²) in [6, 6.07) is 38.2. The Morgan fingerprint density at radius 2 is 0.826 bits per heavy atom. The van der Waals surface area contributed by atoms with Gasteiger partial charge in [0.2, 0.25) is 0 Å². The molecule has 46 heavy (non-hydrogen) atoms. The fourth-order valence-corrected chi connectivity index (χ4v) is 5.82. The van der Waals surface area contributed by atoms with Crippen LogP contribution in [0.25, 0.3) is 0 Å². The molecule has 5 atom stereocenters. The van der Waals surface area contributed by atoms with E-state index in [0.29, 0.717) is 0 Å². The number of alkyl halides is 2. The third-order valence-corrected chi connectivity index (χ3v) is 8.19. The van der Waals surface area contributed by atoms with Crippen LogP contribution >= 0.6 is 0 Å². The molecule has 0 bridgehead atoms. The molecule has 1 saturated carbocycles. The van der Waals surface area contributed by atoms with Gasteiger partial charge in [-0.3, -0.25) is 0 Å². The van der Waals surface area contributed by atoms with E-state index in [1.165, 1.54) is 7.11 Å². The van der Waals surface area contributed by atoms with Gasteiger partial charge >= 0.3 is 0 Å². The number of methoxy groups -OCH3 is 1. The van der Waals surface area contributed by atoms with Crippen molar-refractivity contribution in [1.29, 1.82) is 0 Å². The molecular formula is C38H42F2O6. The minimum atomic E-state index is -3.31. The maximum absolute atomic E-state index is 17.0. The Bertz CT molecular complexity index is 1390. The van der Waals surface area contributed by atoms with Gasteiger partial charge in [-0.1, -0.05) is 121 Å². The second kappa shape index (κ2) is 17.4. The number of halogens is 2. The van der Waals surface area contributed by atoms with E-state index in [0.717, 1.165) is 22.3 Å². The van der Waals surface area contributed by atoms with Crippen LogP contribution in [0.1, 0.15) is 22.3 Å². The average Bonchev–Trinajstić information content (AvgIpc) is 3.09. The topological polar surface area (TPSA) is 55.4 Å². The molecule has 0 spiro atoms. The number of rotatable bonds is 17. The first-order chi connectivity index (χ1) is 22.6. The van der Waals surface area contributed by atoms with Gasteiger partial charge in [-0.2, -0.15) is 0 Å². The Morgan fingerprint density at radius 1 is 0.478 bits per heavy atom. The predicted molar refractivity (Wildman–Crippen MR) is 171 cm³/mol. The molecular weight excluding hydrogens is 590 g/mol. The lowest BCUT2D eigenvalue weighted by molar-refractivity contribution is -0.297. The van der Waals surface area contributed by atoms with Crippen molar-refractivity contribution in [3.8, 4) is 0 Å². The molecule has 1 aliphatic rings. The number of hydrogen-bond donors (Lipinski definition) is 0. The predicted octanol–water partition coefficient (Wildman–Crippen LogP) is 7.46. The van der Waals surface area contributed by atoms with Crippen molar-refractivity contribution < 1.29 is 37.2 Å². The molecule has 1 aliphatic carbocycles. The molecule has 0 unspecified atom stereocenters. The highest BCUT2D eigenvalue weighted by atomic mass is 19.3. The van der Waals surface area contributed by atoms with Crippen LogP contribution in [0.3, 0.4) is 0 Å². The van der Waals surface area contributed by atoms with E-state index in [-0.39, 0.29) is 46.4 Å². The monoisotopic (exact) mass is 632 g/mol. The maximum Gasteiger partial charge on any atom is 0.263 e. The molecule has 1 fully saturated rings. The van der Waals surface area contributed by atoms with Crippen molar-refractivity contribution in [2.75, 3.05) is 27.1 Å². The van der Waals surface area contributed by atoms with E-state index < -0.39 is 36.1 Å². The third kappa shape index (κ3) is 9.28. The lowest BCUT2D eigenvalue weighted by Crippen LogP contribution is -2.65. The van der Waals surface area contributed by atoms with E-state index in [1.54, 1.807) is 0 Å². The Hall–Kier alpha value is -3.50. The van der Waals surface area contributed by atoms with E-state index in [4.69, 9.17) is 28.4 Å². The van der Waals surface area contributed by atoms with Crippen molar-refractivity contribution in [2.45, 2.75) is 50.7 Å². The Morgan fingerprint density at radius 3 is 1.22 bits per heavy atom. The van der Waals surface area contributed by atoms with Gasteiger partial charge in [0.15, 0.2) is 0 Å². The zero-order valence-electron chi connectivity index (χ0n) is 26.1. The summed E-state index contributed by atoms with van der Waals surface area (Å²) in [6.45, 7) is -0.0579. The van der Waals surface area contributed by atoms with Crippen LogP contribution < -0.4 is 0 Å². The minimum Gasteiger partial charge on any atom is -0.376 e. The molecule has 6 nitrogen and oxygen atoms in total. The van der Waals surface area contributed by atoms with Crippen LogP contribution in [0.2, 0.25) is 0 Å². The first kappa shape index (κ1) is 33.9. The highest BCUT2D eigenvalue weighted by Crippen LogP contribution is 2.47. The van der Waals surface area contributed by atoms with Crippen LogP contribution in [0.15, 0.2) is 121 Å². The highest BCUT2D eigenvalue weighted by Gasteiger charge is 2.63. The van der Waals surface area contributed by atoms with Crippen LogP contribution in [-0.4, -0.2) is 51.4 Å². The van der Waals surface area contributed by atoms with Gasteiger partial charge in [-0.15, -0.1) is 0 Å². The summed E-state index contributed by atoms with van der Waals surface area (Å²) < 4.78 is 70.0. The Balaban J connectivity index is 1.49. The van der Waals surface area contributed by atoms with E-state index in [2.05, 4.69) is 0 Å². The van der Waals surface area contributed by atoms with Crippen LogP contribution in [-0.2, 0) is 54.8 Å². The van der Waals surface area contributed by atoms with Crippen LogP contribution in [0, 0.1) is 11.8 Å². The van der Waals surface area contributed by atoms with Crippen molar-refractivity contribution in [3.05, 3.63) is 144 Å². The van der Waals surface area contributed by atoms with E-state index in [9.17, 15) is 0 Å². The first-order valence-electron chi connectivity index (χ1n) is 15.6. The zero-order valence-corrected chi connectivity index (χ0v) is 26.1. The summed E-state index contributed by atoms with van der Waals surface area (Å²) in [4.78, 5) is 0. The molecule has 0 saturated heterocycles. The quantitative estimate of drug-likeness (QED) is 0.0890. The smallest absolute Gasteiger partial charge is 0.263 e. The van der Waals surface area contributed by atoms with Crippen molar-refractivity contribution in [3.63, 3.8) is 0 Å². The summed E-state index contributed by atoms with van der Waals surface area (Å²) in [5, 5.41) is 0. The number of ether oxygens (including phenoxy) is 6. The van der Waals surface area contributed by atoms with Crippen molar-refractivity contribution >= 4 is 0 Å². The summed E-state index contributed by atoms with van der Waals surface area (Å²) in [5.74, 6) is -6.03. The first-order valence-corrected chi connectivity index (χ1v) is 15.6. The molecule has 5 rings (SSSR count). The highest BCUT2D eigenvalue weighted by molar-refractivity contribution is 5.17. The number of benzene rings is 4. The van der Waals surface area contributed by atoms with Crippen molar-refractivity contribution in [1.82, 2.24) is 0 Å². The standard InChI is InChI=1S/C38H42F2O6/c1-41-28-43-27-34-36(45-24-31-18-10-4-11-19-31)37(46-25-32-20-12-5-13-21-32)35(44-23-30-16-8-3-9-17-30)33(38(34,39)40)26-42-22-29-14-6-2-7-15-29/h2-21,33-37H,22-28H2,1H3/t33-,34+,35-,36+,37-/m1/s1. The van der Waals surface area contributed by atoms with Crippen LogP contribution in [0.5, 0.6) is 0 Å².